The summed E-state index contributed by atoms with van der Waals surface area (Å²) in [4.78, 5) is 8.85. The number of allylic oxidation sites excluding steroid dienone is 3. The summed E-state index contributed by atoms with van der Waals surface area (Å²) in [7, 11) is -6.62. The molecule has 0 aliphatic heterocycles. The molecule has 0 N–H and O–H groups in total. The number of nitrogens with zero attached hydrogens (tertiary/aromatic N) is 3. The molecule has 2 aliphatic rings. The number of benzene rings is 1. The fourth-order valence-electron chi connectivity index (χ4n) is 4.87. The number of ether oxygens (including phenoxy) is 1. The number of hydrogen-bond acceptors (Lipinski definition) is 7. The molecular weight excluding hydrogens is 607 g/mol. The number of esters is 1. The number of aryl methyl sites for hydroxylation is 1. The van der Waals surface area contributed by atoms with Crippen LogP contribution < -0.4 is 0 Å². The van der Waals surface area contributed by atoms with Crippen molar-refractivity contribution in [2.45, 2.75) is 72.5 Å². The molecule has 0 spiro atoms. The van der Waals surface area contributed by atoms with Crippen LogP contribution in [0.15, 0.2) is 57.3 Å². The standard InChI is InChI=1S/C26H29ClF3N3O6S2/c1-25(27)10-7-18(8-11-25)40(35,36)19-13-17(26(28,29)30)14-20(15-19)41(37,38)32(2)22-5-4-6-23-21(22)16-31-33(23)12-9-24(34)39-3/h7-8,10,13-16,22H,4-6,9,11-12H2,1-3H3/t22-,25?/m1/s1. The first-order valence-corrected chi connectivity index (χ1v) is 15.9. The zero-order chi connectivity index (χ0) is 30.4. The van der Waals surface area contributed by atoms with Crippen molar-refractivity contribution in [2.75, 3.05) is 14.2 Å². The smallest absolute Gasteiger partial charge is 0.416 e. The maximum atomic E-state index is 13.9. The second-order valence-corrected chi connectivity index (χ2v) is 15.0. The first-order chi connectivity index (χ1) is 19.0. The Morgan fingerprint density at radius 3 is 2.51 bits per heavy atom. The van der Waals surface area contributed by atoms with Crippen LogP contribution in [-0.2, 0) is 48.5 Å². The van der Waals surface area contributed by atoms with E-state index in [2.05, 4.69) is 9.84 Å². The third kappa shape index (κ3) is 6.40. The molecule has 0 saturated heterocycles. The van der Waals surface area contributed by atoms with Crippen molar-refractivity contribution in [3.8, 4) is 0 Å². The second-order valence-electron chi connectivity index (χ2n) is 10.1. The number of rotatable bonds is 8. The Bertz CT molecular complexity index is 1630. The predicted octanol–water partition coefficient (Wildman–Crippen LogP) is 4.78. The van der Waals surface area contributed by atoms with Gasteiger partial charge in [-0.05, 0) is 56.9 Å². The van der Waals surface area contributed by atoms with Crippen LogP contribution in [0, 0.1) is 0 Å². The van der Waals surface area contributed by atoms with Crippen molar-refractivity contribution in [1.82, 2.24) is 14.1 Å². The predicted molar refractivity (Wildman–Crippen MR) is 144 cm³/mol. The van der Waals surface area contributed by atoms with Crippen molar-refractivity contribution in [2.24, 2.45) is 0 Å². The first kappa shape index (κ1) is 31.3. The van der Waals surface area contributed by atoms with Gasteiger partial charge in [0, 0.05) is 18.3 Å². The zero-order valence-electron chi connectivity index (χ0n) is 22.5. The Morgan fingerprint density at radius 2 is 1.90 bits per heavy atom. The van der Waals surface area contributed by atoms with E-state index in [0.717, 1.165) is 10.4 Å². The normalized spacial score (nSPS) is 21.5. The van der Waals surface area contributed by atoms with Gasteiger partial charge in [0.2, 0.25) is 19.9 Å². The van der Waals surface area contributed by atoms with E-state index in [0.29, 0.717) is 42.7 Å². The Morgan fingerprint density at radius 1 is 1.22 bits per heavy atom. The molecule has 41 heavy (non-hydrogen) atoms. The molecule has 0 bridgehead atoms. The fourth-order valence-corrected chi connectivity index (χ4v) is 7.91. The van der Waals surface area contributed by atoms with Crippen molar-refractivity contribution in [1.29, 1.82) is 0 Å². The SMILES string of the molecule is COC(=O)CCn1ncc2c1CCC[C@H]2N(C)S(=O)(=O)c1cc(C(F)(F)F)cc(S(=O)(=O)C2=CCC(C)(Cl)C=C2)c1. The van der Waals surface area contributed by atoms with Crippen LogP contribution in [0.4, 0.5) is 13.2 Å². The highest BCUT2D eigenvalue weighted by molar-refractivity contribution is 7.95. The lowest BCUT2D eigenvalue weighted by Gasteiger charge is -2.31. The van der Waals surface area contributed by atoms with Crippen LogP contribution in [-0.4, -0.2) is 55.9 Å². The number of sulfonamides is 1. The average Bonchev–Trinajstić information content (AvgIpc) is 3.33. The van der Waals surface area contributed by atoms with Crippen LogP contribution in [0.3, 0.4) is 0 Å². The van der Waals surface area contributed by atoms with Crippen molar-refractivity contribution >= 4 is 37.4 Å². The molecule has 1 aromatic carbocycles. The first-order valence-electron chi connectivity index (χ1n) is 12.6. The molecule has 224 valence electrons. The summed E-state index contributed by atoms with van der Waals surface area (Å²) in [6.07, 6.45) is 2.05. The Labute approximate surface area is 241 Å². The monoisotopic (exact) mass is 635 g/mol. The molecule has 0 fully saturated rings. The third-order valence-corrected chi connectivity index (χ3v) is 11.1. The highest BCUT2D eigenvalue weighted by Gasteiger charge is 2.38. The van der Waals surface area contributed by atoms with Gasteiger partial charge in [-0.2, -0.15) is 22.6 Å². The van der Waals surface area contributed by atoms with Gasteiger partial charge in [0.15, 0.2) is 0 Å². The number of fused-ring (bicyclic) bond motifs is 1. The van der Waals surface area contributed by atoms with Crippen LogP contribution in [0.1, 0.15) is 55.5 Å². The summed E-state index contributed by atoms with van der Waals surface area (Å²) in [5.74, 6) is -0.437. The highest BCUT2D eigenvalue weighted by atomic mass is 35.5. The van der Waals surface area contributed by atoms with E-state index in [9.17, 15) is 34.8 Å². The van der Waals surface area contributed by atoms with E-state index in [-0.39, 0.29) is 24.3 Å². The van der Waals surface area contributed by atoms with Crippen LogP contribution >= 0.6 is 11.6 Å². The maximum Gasteiger partial charge on any atom is 0.416 e. The second kappa shape index (κ2) is 11.2. The number of sulfone groups is 1. The minimum Gasteiger partial charge on any atom is -0.469 e. The molecule has 2 aromatic rings. The van der Waals surface area contributed by atoms with Gasteiger partial charge in [-0.1, -0.05) is 12.2 Å². The van der Waals surface area contributed by atoms with Crippen LogP contribution in [0.2, 0.25) is 0 Å². The van der Waals surface area contributed by atoms with E-state index < -0.39 is 58.3 Å². The van der Waals surface area contributed by atoms with Crippen LogP contribution in [0.5, 0.6) is 0 Å². The lowest BCUT2D eigenvalue weighted by Crippen LogP contribution is -2.33. The van der Waals surface area contributed by atoms with E-state index >= 15 is 0 Å². The molecule has 0 amide bonds. The molecule has 2 aliphatic carbocycles. The van der Waals surface area contributed by atoms with Gasteiger partial charge >= 0.3 is 12.1 Å². The number of halogens is 4. The highest BCUT2D eigenvalue weighted by Crippen LogP contribution is 2.40. The largest absolute Gasteiger partial charge is 0.469 e. The molecule has 4 rings (SSSR count). The summed E-state index contributed by atoms with van der Waals surface area (Å²) in [6.45, 7) is 1.86. The quantitative estimate of drug-likeness (QED) is 0.303. The Kier molecular flexibility index (Phi) is 8.53. The Hall–Kier alpha value is -2.68. The molecule has 1 aromatic heterocycles. The van der Waals surface area contributed by atoms with Gasteiger partial charge in [-0.3, -0.25) is 9.48 Å². The third-order valence-electron chi connectivity index (χ3n) is 7.23. The van der Waals surface area contributed by atoms with E-state index in [4.69, 9.17) is 11.6 Å². The van der Waals surface area contributed by atoms with Gasteiger partial charge in [0.05, 0.1) is 57.4 Å². The van der Waals surface area contributed by atoms with Gasteiger partial charge in [-0.15, -0.1) is 11.6 Å². The number of carbonyl (C=O) groups excluding carboxylic acids is 1. The van der Waals surface area contributed by atoms with E-state index in [1.54, 1.807) is 11.6 Å². The summed E-state index contributed by atoms with van der Waals surface area (Å²) >= 11 is 6.20. The molecule has 0 radical (unpaired) electrons. The van der Waals surface area contributed by atoms with E-state index in [1.807, 2.05) is 0 Å². The van der Waals surface area contributed by atoms with Gasteiger partial charge < -0.3 is 4.74 Å². The van der Waals surface area contributed by atoms with Crippen LogP contribution in [0.25, 0.3) is 0 Å². The summed E-state index contributed by atoms with van der Waals surface area (Å²) < 4.78 is 103. The van der Waals surface area contributed by atoms with Gasteiger partial charge in [0.25, 0.3) is 0 Å². The molecule has 9 nitrogen and oxygen atoms in total. The van der Waals surface area contributed by atoms with Crippen molar-refractivity contribution in [3.63, 3.8) is 0 Å². The molecule has 0 saturated carbocycles. The average molecular weight is 636 g/mol. The van der Waals surface area contributed by atoms with E-state index in [1.165, 1.54) is 38.6 Å². The minimum absolute atomic E-state index is 0.0562. The number of hydrogen-bond donors (Lipinski definition) is 0. The van der Waals surface area contributed by atoms with Gasteiger partial charge in [-0.25, -0.2) is 16.8 Å². The number of alkyl halides is 4. The molecule has 1 unspecified atom stereocenters. The lowest BCUT2D eigenvalue weighted by atomic mass is 9.93. The molecule has 2 atom stereocenters. The summed E-state index contributed by atoms with van der Waals surface area (Å²) in [6, 6.07) is 0.857. The van der Waals surface area contributed by atoms with Gasteiger partial charge in [0.1, 0.15) is 0 Å². The van der Waals surface area contributed by atoms with Crippen molar-refractivity contribution < 1.29 is 39.5 Å². The minimum atomic E-state index is -5.02. The molecule has 1 heterocycles. The molecule has 15 heteroatoms. The summed E-state index contributed by atoms with van der Waals surface area (Å²) in [5.41, 5.74) is -0.136. The lowest BCUT2D eigenvalue weighted by molar-refractivity contribution is -0.141. The fraction of sp³-hybridized carbons (Fsp3) is 0.462. The molecular formula is C26H29ClF3N3O6S2. The number of methoxy groups -OCH3 is 1. The summed E-state index contributed by atoms with van der Waals surface area (Å²) in [5, 5.41) is 4.28. The van der Waals surface area contributed by atoms with Crippen molar-refractivity contribution in [3.05, 3.63) is 64.3 Å². The maximum absolute atomic E-state index is 13.9. The zero-order valence-corrected chi connectivity index (χ0v) is 24.9. The number of aromatic nitrogens is 2. The topological polar surface area (TPSA) is 116 Å². The Balaban J connectivity index is 1.73. The number of carbonyl (C=O) groups is 1.